The molecule has 2 N–H and O–H groups in total. The summed E-state index contributed by atoms with van der Waals surface area (Å²) < 4.78 is 0. The Hall–Kier alpha value is -0.0400. The molecule has 0 unspecified atom stereocenters. The van der Waals surface area contributed by atoms with Crippen LogP contribution in [0, 0.1) is 16.2 Å². The Bertz CT molecular complexity index is 249. The van der Waals surface area contributed by atoms with Crippen molar-refractivity contribution in [2.45, 2.75) is 93.5 Å². The van der Waals surface area contributed by atoms with Gasteiger partial charge in [0, 0.05) is 5.54 Å². The molecule has 0 bridgehead atoms. The molecule has 0 rings (SSSR count). The van der Waals surface area contributed by atoms with Crippen molar-refractivity contribution in [3.05, 3.63) is 0 Å². The Morgan fingerprint density at radius 3 is 1.17 bits per heavy atom. The van der Waals surface area contributed by atoms with Crippen LogP contribution < -0.4 is 5.73 Å². The van der Waals surface area contributed by atoms with Gasteiger partial charge in [-0.05, 0) is 41.9 Å². The van der Waals surface area contributed by atoms with Crippen LogP contribution in [0.25, 0.3) is 0 Å². The molecule has 1 heteroatoms. The maximum Gasteiger partial charge on any atom is 0.0211 e. The average Bonchev–Trinajstić information content (AvgIpc) is 2.29. The highest BCUT2D eigenvalue weighted by Crippen LogP contribution is 2.60. The predicted octanol–water partition coefficient (Wildman–Crippen LogP) is 5.38. The van der Waals surface area contributed by atoms with Crippen LogP contribution in [-0.2, 0) is 0 Å². The van der Waals surface area contributed by atoms with Crippen LogP contribution in [0.3, 0.4) is 0 Å². The van der Waals surface area contributed by atoms with Crippen LogP contribution in [0.1, 0.15) is 88.0 Å². The van der Waals surface area contributed by atoms with Crippen LogP contribution in [0.2, 0.25) is 0 Å². The number of rotatable bonds is 6. The van der Waals surface area contributed by atoms with E-state index >= 15 is 0 Å². The van der Waals surface area contributed by atoms with Gasteiger partial charge in [0.1, 0.15) is 0 Å². The second kappa shape index (κ2) is 5.53. The summed E-state index contributed by atoms with van der Waals surface area (Å²) in [5.74, 6) is 0. The van der Waals surface area contributed by atoms with E-state index in [4.69, 9.17) is 5.73 Å². The van der Waals surface area contributed by atoms with Crippen LogP contribution in [-0.4, -0.2) is 5.54 Å². The molecule has 0 aromatic carbocycles. The Kier molecular flexibility index (Phi) is 5.51. The summed E-state index contributed by atoms with van der Waals surface area (Å²) in [7, 11) is 0. The highest BCUT2D eigenvalue weighted by atomic mass is 14.8. The number of hydrogen-bond acceptors (Lipinski definition) is 1. The van der Waals surface area contributed by atoms with Gasteiger partial charge in [0.25, 0.3) is 0 Å². The van der Waals surface area contributed by atoms with Gasteiger partial charge in [0.05, 0.1) is 0 Å². The maximum absolute atomic E-state index is 6.88. The summed E-state index contributed by atoms with van der Waals surface area (Å²) in [6.07, 6.45) is 4.44. The molecule has 0 atom stereocenters. The van der Waals surface area contributed by atoms with Crippen molar-refractivity contribution in [1.29, 1.82) is 0 Å². The molecule has 0 spiro atoms. The van der Waals surface area contributed by atoms with E-state index in [-0.39, 0.29) is 21.8 Å². The zero-order valence-electron chi connectivity index (χ0n) is 14.4. The fraction of sp³-hybridized carbons (Fsp3) is 1.00. The molecule has 0 saturated carbocycles. The first-order valence-electron chi connectivity index (χ1n) is 7.78. The molecule has 0 amide bonds. The van der Waals surface area contributed by atoms with Gasteiger partial charge in [-0.25, -0.2) is 0 Å². The summed E-state index contributed by atoms with van der Waals surface area (Å²) in [5, 5.41) is 0. The van der Waals surface area contributed by atoms with Crippen molar-refractivity contribution < 1.29 is 0 Å². The maximum atomic E-state index is 6.88. The first-order chi connectivity index (χ1) is 7.99. The van der Waals surface area contributed by atoms with Crippen molar-refractivity contribution in [1.82, 2.24) is 0 Å². The Balaban J connectivity index is 5.97. The SMILES string of the molecule is CCC(N)(CC)C(CC)(CC)C(C)(C)C(C)(C)C. The number of nitrogens with two attached hydrogens (primary N) is 1. The minimum atomic E-state index is -0.0622. The van der Waals surface area contributed by atoms with E-state index in [0.717, 1.165) is 25.7 Å². The van der Waals surface area contributed by atoms with Crippen molar-refractivity contribution >= 4 is 0 Å². The molecule has 0 fully saturated rings. The van der Waals surface area contributed by atoms with E-state index in [9.17, 15) is 0 Å². The largest absolute Gasteiger partial charge is 0.325 e. The molecular formula is C17H37N. The Labute approximate surface area is 116 Å². The molecule has 0 aromatic rings. The molecular weight excluding hydrogens is 218 g/mol. The van der Waals surface area contributed by atoms with Gasteiger partial charge in [-0.3, -0.25) is 0 Å². The lowest BCUT2D eigenvalue weighted by molar-refractivity contribution is -0.0968. The summed E-state index contributed by atoms with van der Waals surface area (Å²) in [5.41, 5.74) is 7.48. The van der Waals surface area contributed by atoms with Gasteiger partial charge in [-0.2, -0.15) is 0 Å². The zero-order chi connectivity index (χ0) is 14.8. The molecule has 0 aromatic heterocycles. The molecule has 0 aliphatic rings. The van der Waals surface area contributed by atoms with Gasteiger partial charge < -0.3 is 5.73 Å². The Morgan fingerprint density at radius 1 is 0.667 bits per heavy atom. The van der Waals surface area contributed by atoms with Crippen molar-refractivity contribution in [3.63, 3.8) is 0 Å². The third kappa shape index (κ3) is 2.35. The summed E-state index contributed by atoms with van der Waals surface area (Å²) >= 11 is 0. The predicted molar refractivity (Wildman–Crippen MR) is 83.8 cm³/mol. The van der Waals surface area contributed by atoms with Crippen LogP contribution in [0.5, 0.6) is 0 Å². The molecule has 0 radical (unpaired) electrons. The van der Waals surface area contributed by atoms with E-state index in [1.165, 1.54) is 0 Å². The van der Waals surface area contributed by atoms with Crippen molar-refractivity contribution in [3.8, 4) is 0 Å². The lowest BCUT2D eigenvalue weighted by atomic mass is 9.45. The molecule has 0 saturated heterocycles. The van der Waals surface area contributed by atoms with Crippen LogP contribution in [0.15, 0.2) is 0 Å². The van der Waals surface area contributed by atoms with Gasteiger partial charge >= 0.3 is 0 Å². The normalized spacial score (nSPS) is 15.0. The van der Waals surface area contributed by atoms with Gasteiger partial charge in [0.2, 0.25) is 0 Å². The van der Waals surface area contributed by atoms with E-state index in [2.05, 4.69) is 62.3 Å². The monoisotopic (exact) mass is 255 g/mol. The molecule has 18 heavy (non-hydrogen) atoms. The molecule has 0 aliphatic carbocycles. The smallest absolute Gasteiger partial charge is 0.0211 e. The first kappa shape index (κ1) is 18.0. The number of hydrogen-bond donors (Lipinski definition) is 1. The fourth-order valence-corrected chi connectivity index (χ4v) is 4.10. The quantitative estimate of drug-likeness (QED) is 0.677. The summed E-state index contributed by atoms with van der Waals surface area (Å²) in [6.45, 7) is 21.1. The molecule has 0 heterocycles. The fourth-order valence-electron chi connectivity index (χ4n) is 4.10. The summed E-state index contributed by atoms with van der Waals surface area (Å²) in [6, 6.07) is 0. The third-order valence-corrected chi connectivity index (χ3v) is 6.49. The minimum Gasteiger partial charge on any atom is -0.325 e. The summed E-state index contributed by atoms with van der Waals surface area (Å²) in [4.78, 5) is 0. The first-order valence-corrected chi connectivity index (χ1v) is 7.78. The Morgan fingerprint density at radius 2 is 1.00 bits per heavy atom. The second-order valence-corrected chi connectivity index (χ2v) is 7.53. The third-order valence-electron chi connectivity index (χ3n) is 6.49. The molecule has 110 valence electrons. The molecule has 0 aliphatic heterocycles. The highest BCUT2D eigenvalue weighted by molar-refractivity contribution is 5.10. The van der Waals surface area contributed by atoms with Crippen molar-refractivity contribution in [2.24, 2.45) is 22.0 Å². The highest BCUT2D eigenvalue weighted by Gasteiger charge is 2.57. The average molecular weight is 255 g/mol. The van der Waals surface area contributed by atoms with Crippen LogP contribution >= 0.6 is 0 Å². The minimum absolute atomic E-state index is 0.0622. The lowest BCUT2D eigenvalue weighted by Crippen LogP contribution is -2.63. The van der Waals surface area contributed by atoms with Crippen molar-refractivity contribution in [2.75, 3.05) is 0 Å². The van der Waals surface area contributed by atoms with Crippen LogP contribution in [0.4, 0.5) is 0 Å². The van der Waals surface area contributed by atoms with E-state index < -0.39 is 0 Å². The van der Waals surface area contributed by atoms with E-state index in [0.29, 0.717) is 0 Å². The lowest BCUT2D eigenvalue weighted by Gasteiger charge is -2.61. The van der Waals surface area contributed by atoms with Gasteiger partial charge in [-0.15, -0.1) is 0 Å². The standard InChI is InChI=1S/C17H37N/c1-10-16(11-2,17(18,12-3)13-4)15(8,9)14(5,6)7/h10-13,18H2,1-9H3. The van der Waals surface area contributed by atoms with Gasteiger partial charge in [0.15, 0.2) is 0 Å². The molecule has 1 nitrogen and oxygen atoms in total. The zero-order valence-corrected chi connectivity index (χ0v) is 14.4. The van der Waals surface area contributed by atoms with Gasteiger partial charge in [-0.1, -0.05) is 62.3 Å². The van der Waals surface area contributed by atoms with E-state index in [1.54, 1.807) is 0 Å². The van der Waals surface area contributed by atoms with E-state index in [1.807, 2.05) is 0 Å². The topological polar surface area (TPSA) is 26.0 Å². The second-order valence-electron chi connectivity index (χ2n) is 7.53.